The van der Waals surface area contributed by atoms with Crippen molar-refractivity contribution in [2.75, 3.05) is 26.2 Å². The summed E-state index contributed by atoms with van der Waals surface area (Å²) in [5, 5.41) is 0.133. The molecule has 0 saturated carbocycles. The molecule has 6 heteroatoms. The third kappa shape index (κ3) is 3.74. The largest absolute Gasteiger partial charge is 0.336 e. The third-order valence-corrected chi connectivity index (χ3v) is 4.47. The molecule has 1 heterocycles. The normalized spacial score (nSPS) is 15.5. The van der Waals surface area contributed by atoms with E-state index in [1.165, 1.54) is 30.3 Å². The molecule has 0 bridgehead atoms. The fraction of sp³-hybridized carbons (Fsp3) is 0.278. The third-order valence-electron chi connectivity index (χ3n) is 4.16. The molecule has 1 saturated heterocycles. The van der Waals surface area contributed by atoms with Gasteiger partial charge < -0.3 is 4.90 Å². The van der Waals surface area contributed by atoms with Crippen molar-refractivity contribution < 1.29 is 13.6 Å². The summed E-state index contributed by atoms with van der Waals surface area (Å²) in [5.74, 6) is -1.23. The predicted octanol–water partition coefficient (Wildman–Crippen LogP) is 3.58. The van der Waals surface area contributed by atoms with Crippen molar-refractivity contribution in [2.45, 2.75) is 6.54 Å². The van der Waals surface area contributed by atoms with Crippen LogP contribution in [0.15, 0.2) is 42.5 Å². The van der Waals surface area contributed by atoms with Gasteiger partial charge in [0.05, 0.1) is 10.6 Å². The van der Waals surface area contributed by atoms with E-state index >= 15 is 0 Å². The van der Waals surface area contributed by atoms with Crippen LogP contribution in [-0.2, 0) is 6.54 Å². The van der Waals surface area contributed by atoms with Crippen LogP contribution in [0.4, 0.5) is 8.78 Å². The van der Waals surface area contributed by atoms with Crippen LogP contribution in [-0.4, -0.2) is 41.9 Å². The number of rotatable bonds is 3. The van der Waals surface area contributed by atoms with E-state index in [1.54, 1.807) is 17.0 Å². The highest BCUT2D eigenvalue weighted by Crippen LogP contribution is 2.21. The predicted molar refractivity (Wildman–Crippen MR) is 89.0 cm³/mol. The van der Waals surface area contributed by atoms with Crippen molar-refractivity contribution >= 4 is 17.5 Å². The lowest BCUT2D eigenvalue weighted by Gasteiger charge is -2.35. The molecule has 0 radical (unpaired) electrons. The van der Waals surface area contributed by atoms with E-state index in [2.05, 4.69) is 4.90 Å². The Morgan fingerprint density at radius 2 is 1.67 bits per heavy atom. The van der Waals surface area contributed by atoms with Gasteiger partial charge in [-0.2, -0.15) is 0 Å². The van der Waals surface area contributed by atoms with Crippen molar-refractivity contribution in [1.29, 1.82) is 0 Å². The first-order valence-electron chi connectivity index (χ1n) is 7.74. The molecule has 2 aromatic carbocycles. The molecule has 0 N–H and O–H groups in total. The van der Waals surface area contributed by atoms with E-state index in [0.29, 0.717) is 32.7 Å². The van der Waals surface area contributed by atoms with Crippen molar-refractivity contribution in [3.63, 3.8) is 0 Å². The molecule has 0 unspecified atom stereocenters. The van der Waals surface area contributed by atoms with Crippen LogP contribution >= 0.6 is 11.6 Å². The minimum atomic E-state index is -0.596. The first-order chi connectivity index (χ1) is 11.5. The standard InChI is InChI=1S/C18H17ClF2N2O/c19-15-2-1-3-16(21)17(15)18(24)23-10-8-22(9-11-23)12-13-4-6-14(20)7-5-13/h1-7H,8-12H2. The van der Waals surface area contributed by atoms with Gasteiger partial charge in [0.1, 0.15) is 11.6 Å². The number of hydrogen-bond acceptors (Lipinski definition) is 2. The maximum atomic E-state index is 13.9. The molecule has 3 rings (SSSR count). The number of hydrogen-bond donors (Lipinski definition) is 0. The van der Waals surface area contributed by atoms with Crippen LogP contribution in [0, 0.1) is 11.6 Å². The second-order valence-corrected chi connectivity index (χ2v) is 6.20. The summed E-state index contributed by atoms with van der Waals surface area (Å²) >= 11 is 5.96. The van der Waals surface area contributed by atoms with Gasteiger partial charge in [0.2, 0.25) is 0 Å². The van der Waals surface area contributed by atoms with Crippen molar-refractivity contribution in [3.05, 3.63) is 70.2 Å². The molecule has 2 aromatic rings. The van der Waals surface area contributed by atoms with E-state index in [1.807, 2.05) is 0 Å². The summed E-state index contributed by atoms with van der Waals surface area (Å²) in [7, 11) is 0. The molecule has 1 amide bonds. The highest BCUT2D eigenvalue weighted by molar-refractivity contribution is 6.33. The summed E-state index contributed by atoms with van der Waals surface area (Å²) in [6.45, 7) is 3.06. The number of halogens is 3. The fourth-order valence-corrected chi connectivity index (χ4v) is 3.06. The highest BCUT2D eigenvalue weighted by Gasteiger charge is 2.25. The monoisotopic (exact) mass is 350 g/mol. The number of benzene rings is 2. The lowest BCUT2D eigenvalue weighted by Crippen LogP contribution is -2.48. The van der Waals surface area contributed by atoms with E-state index in [0.717, 1.165) is 5.56 Å². The fourth-order valence-electron chi connectivity index (χ4n) is 2.82. The van der Waals surface area contributed by atoms with Crippen LogP contribution in [0.1, 0.15) is 15.9 Å². The molecule has 24 heavy (non-hydrogen) atoms. The van der Waals surface area contributed by atoms with Crippen molar-refractivity contribution in [3.8, 4) is 0 Å². The second-order valence-electron chi connectivity index (χ2n) is 5.79. The van der Waals surface area contributed by atoms with Crippen LogP contribution in [0.5, 0.6) is 0 Å². The zero-order valence-corrected chi connectivity index (χ0v) is 13.8. The lowest BCUT2D eigenvalue weighted by atomic mass is 10.1. The van der Waals surface area contributed by atoms with E-state index < -0.39 is 5.82 Å². The number of carbonyl (C=O) groups excluding carboxylic acids is 1. The summed E-state index contributed by atoms with van der Waals surface area (Å²) < 4.78 is 26.8. The quantitative estimate of drug-likeness (QED) is 0.844. The van der Waals surface area contributed by atoms with Gasteiger partial charge >= 0.3 is 0 Å². The summed E-state index contributed by atoms with van der Waals surface area (Å²) in [5.41, 5.74) is 0.958. The smallest absolute Gasteiger partial charge is 0.258 e. The molecule has 126 valence electrons. The van der Waals surface area contributed by atoms with Gasteiger partial charge in [-0.3, -0.25) is 9.69 Å². The van der Waals surface area contributed by atoms with Crippen LogP contribution in [0.3, 0.4) is 0 Å². The van der Waals surface area contributed by atoms with Gasteiger partial charge in [0.25, 0.3) is 5.91 Å². The number of nitrogens with zero attached hydrogens (tertiary/aromatic N) is 2. The van der Waals surface area contributed by atoms with Gasteiger partial charge in [0.15, 0.2) is 0 Å². The van der Waals surface area contributed by atoms with Gasteiger partial charge in [-0.15, -0.1) is 0 Å². The van der Waals surface area contributed by atoms with E-state index in [-0.39, 0.29) is 22.3 Å². The molecule has 3 nitrogen and oxygen atoms in total. The number of piperazine rings is 1. The number of carbonyl (C=O) groups is 1. The Morgan fingerprint density at radius 3 is 2.29 bits per heavy atom. The molecule has 1 aliphatic rings. The average Bonchev–Trinajstić information content (AvgIpc) is 2.57. The van der Waals surface area contributed by atoms with E-state index in [4.69, 9.17) is 11.6 Å². The first kappa shape index (κ1) is 16.9. The number of amides is 1. The second kappa shape index (κ2) is 7.28. The molecular weight excluding hydrogens is 334 g/mol. The van der Waals surface area contributed by atoms with Crippen molar-refractivity contribution in [2.24, 2.45) is 0 Å². The van der Waals surface area contributed by atoms with E-state index in [9.17, 15) is 13.6 Å². The Kier molecular flexibility index (Phi) is 5.11. The molecule has 0 aliphatic carbocycles. The topological polar surface area (TPSA) is 23.6 Å². The summed E-state index contributed by atoms with van der Waals surface area (Å²) in [6.07, 6.45) is 0. The lowest BCUT2D eigenvalue weighted by molar-refractivity contribution is 0.0624. The summed E-state index contributed by atoms with van der Waals surface area (Å²) in [4.78, 5) is 16.3. The van der Waals surface area contributed by atoms with Crippen molar-refractivity contribution in [1.82, 2.24) is 9.80 Å². The average molecular weight is 351 g/mol. The maximum absolute atomic E-state index is 13.9. The zero-order chi connectivity index (χ0) is 17.1. The summed E-state index contributed by atoms with van der Waals surface area (Å²) in [6, 6.07) is 10.6. The zero-order valence-electron chi connectivity index (χ0n) is 13.0. The van der Waals surface area contributed by atoms with Crippen LogP contribution in [0.25, 0.3) is 0 Å². The molecule has 1 aliphatic heterocycles. The minimum absolute atomic E-state index is 0.0637. The van der Waals surface area contributed by atoms with Gasteiger partial charge in [-0.25, -0.2) is 8.78 Å². The molecule has 0 atom stereocenters. The maximum Gasteiger partial charge on any atom is 0.258 e. The van der Waals surface area contributed by atoms with Crippen LogP contribution in [0.2, 0.25) is 5.02 Å². The Balaban J connectivity index is 1.60. The molecule has 0 aromatic heterocycles. The van der Waals surface area contributed by atoms with Gasteiger partial charge in [-0.1, -0.05) is 29.8 Å². The first-order valence-corrected chi connectivity index (χ1v) is 8.12. The molecular formula is C18H17ClF2N2O. The minimum Gasteiger partial charge on any atom is -0.336 e. The highest BCUT2D eigenvalue weighted by atomic mass is 35.5. The SMILES string of the molecule is O=C(c1c(F)cccc1Cl)N1CCN(Cc2ccc(F)cc2)CC1. The Morgan fingerprint density at radius 1 is 1.00 bits per heavy atom. The van der Waals surface area contributed by atoms with Crippen LogP contribution < -0.4 is 0 Å². The van der Waals surface area contributed by atoms with Gasteiger partial charge in [-0.05, 0) is 29.8 Å². The Bertz CT molecular complexity index is 708. The Labute approximate surface area is 144 Å². The molecule has 0 spiro atoms. The molecule has 1 fully saturated rings. The Hall–Kier alpha value is -1.98. The van der Waals surface area contributed by atoms with Gasteiger partial charge in [0, 0.05) is 32.7 Å².